The van der Waals surface area contributed by atoms with Crippen molar-refractivity contribution in [3.8, 4) is 0 Å². The van der Waals surface area contributed by atoms with E-state index in [9.17, 15) is 0 Å². The fraction of sp³-hybridized carbons (Fsp3) is 0.400. The van der Waals surface area contributed by atoms with Crippen molar-refractivity contribution in [1.82, 2.24) is 0 Å². The fourth-order valence-electron chi connectivity index (χ4n) is 2.06. The number of hydrogen-bond acceptors (Lipinski definition) is 1. The molecule has 0 amide bonds. The number of nitrogens with two attached hydrogens (primary N) is 1. The SMILES string of the molecule is N[PH]1(c2ccccc2)CCCC1. The Hall–Kier alpha value is -0.390. The standard InChI is InChI=1S/C10H16NP/c11-12(8-4-5-9-12)10-6-2-1-3-7-10/h1-3,6-7,12H,4-5,8-9,11H2. The summed E-state index contributed by atoms with van der Waals surface area (Å²) in [6.45, 7) is 0. The molecule has 2 rings (SSSR count). The van der Waals surface area contributed by atoms with Crippen LogP contribution < -0.4 is 10.8 Å². The summed E-state index contributed by atoms with van der Waals surface area (Å²) < 4.78 is 0. The minimum atomic E-state index is -1.46. The Morgan fingerprint density at radius 1 is 1.00 bits per heavy atom. The van der Waals surface area contributed by atoms with Crippen molar-refractivity contribution in [2.24, 2.45) is 5.50 Å². The summed E-state index contributed by atoms with van der Waals surface area (Å²) in [5, 5.41) is 1.45. The van der Waals surface area contributed by atoms with Crippen LogP contribution in [0.4, 0.5) is 0 Å². The Labute approximate surface area is 74.4 Å². The van der Waals surface area contributed by atoms with E-state index in [4.69, 9.17) is 5.50 Å². The van der Waals surface area contributed by atoms with Gasteiger partial charge in [-0.1, -0.05) is 0 Å². The van der Waals surface area contributed by atoms with Crippen molar-refractivity contribution >= 4 is 12.7 Å². The molecule has 1 aromatic carbocycles. The summed E-state index contributed by atoms with van der Waals surface area (Å²) in [5.74, 6) is 0. The van der Waals surface area contributed by atoms with Crippen molar-refractivity contribution in [3.05, 3.63) is 30.3 Å². The van der Waals surface area contributed by atoms with Gasteiger partial charge in [-0.2, -0.15) is 0 Å². The third-order valence-electron chi connectivity index (χ3n) is 2.84. The van der Waals surface area contributed by atoms with Crippen LogP contribution in [-0.4, -0.2) is 12.3 Å². The zero-order valence-electron chi connectivity index (χ0n) is 7.29. The third kappa shape index (κ3) is 1.39. The molecular weight excluding hydrogens is 165 g/mol. The van der Waals surface area contributed by atoms with Crippen LogP contribution in [-0.2, 0) is 0 Å². The molecule has 0 spiro atoms. The molecule has 2 heteroatoms. The van der Waals surface area contributed by atoms with E-state index in [0.717, 1.165) is 0 Å². The van der Waals surface area contributed by atoms with Crippen molar-refractivity contribution in [2.75, 3.05) is 12.3 Å². The maximum atomic E-state index is 6.42. The minimum absolute atomic E-state index is 1.29. The number of rotatable bonds is 1. The van der Waals surface area contributed by atoms with Crippen molar-refractivity contribution in [1.29, 1.82) is 0 Å². The second kappa shape index (κ2) is 3.16. The first kappa shape index (κ1) is 8.22. The van der Waals surface area contributed by atoms with Gasteiger partial charge in [-0.3, -0.25) is 0 Å². The fourth-order valence-corrected chi connectivity index (χ4v) is 5.51. The average Bonchev–Trinajstić information content (AvgIpc) is 2.55. The molecule has 1 fully saturated rings. The van der Waals surface area contributed by atoms with Crippen LogP contribution in [0.2, 0.25) is 0 Å². The summed E-state index contributed by atoms with van der Waals surface area (Å²) in [4.78, 5) is 0. The van der Waals surface area contributed by atoms with Crippen molar-refractivity contribution < 1.29 is 0 Å². The topological polar surface area (TPSA) is 26.0 Å². The van der Waals surface area contributed by atoms with Gasteiger partial charge in [-0.25, -0.2) is 0 Å². The van der Waals surface area contributed by atoms with Crippen LogP contribution in [0, 0.1) is 0 Å². The molecule has 1 heterocycles. The molecule has 0 bridgehead atoms. The van der Waals surface area contributed by atoms with Crippen molar-refractivity contribution in [3.63, 3.8) is 0 Å². The van der Waals surface area contributed by atoms with Gasteiger partial charge in [-0.15, -0.1) is 0 Å². The molecule has 0 aromatic heterocycles. The van der Waals surface area contributed by atoms with E-state index in [0.29, 0.717) is 0 Å². The molecule has 66 valence electrons. The number of hydrogen-bond donors (Lipinski definition) is 1. The summed E-state index contributed by atoms with van der Waals surface area (Å²) in [5.41, 5.74) is 6.42. The quantitative estimate of drug-likeness (QED) is 0.656. The normalized spacial score (nSPS) is 23.8. The van der Waals surface area contributed by atoms with Crippen LogP contribution in [0.5, 0.6) is 0 Å². The Morgan fingerprint density at radius 3 is 2.17 bits per heavy atom. The van der Waals surface area contributed by atoms with Gasteiger partial charge < -0.3 is 0 Å². The first-order valence-corrected chi connectivity index (χ1v) is 7.15. The molecule has 0 unspecified atom stereocenters. The van der Waals surface area contributed by atoms with E-state index in [-0.39, 0.29) is 0 Å². The van der Waals surface area contributed by atoms with Gasteiger partial charge in [0.25, 0.3) is 0 Å². The molecule has 12 heavy (non-hydrogen) atoms. The van der Waals surface area contributed by atoms with Gasteiger partial charge in [-0.05, 0) is 0 Å². The zero-order valence-corrected chi connectivity index (χ0v) is 8.29. The Kier molecular flexibility index (Phi) is 2.16. The molecule has 1 nitrogen and oxygen atoms in total. The van der Waals surface area contributed by atoms with Crippen LogP contribution >= 0.6 is 7.41 Å². The Bertz CT molecular complexity index is 252. The van der Waals surface area contributed by atoms with E-state index in [1.807, 2.05) is 0 Å². The van der Waals surface area contributed by atoms with E-state index >= 15 is 0 Å². The second-order valence-corrected chi connectivity index (χ2v) is 7.62. The average molecular weight is 181 g/mol. The third-order valence-corrected chi connectivity index (χ3v) is 6.82. The van der Waals surface area contributed by atoms with Gasteiger partial charge >= 0.3 is 73.7 Å². The van der Waals surface area contributed by atoms with E-state index in [2.05, 4.69) is 30.3 Å². The summed E-state index contributed by atoms with van der Waals surface area (Å²) in [6.07, 6.45) is 5.27. The van der Waals surface area contributed by atoms with Crippen LogP contribution in [0.15, 0.2) is 30.3 Å². The van der Waals surface area contributed by atoms with Gasteiger partial charge in [0.2, 0.25) is 0 Å². The summed E-state index contributed by atoms with van der Waals surface area (Å²) in [6, 6.07) is 10.7. The molecule has 1 aliphatic heterocycles. The van der Waals surface area contributed by atoms with Gasteiger partial charge in [0, 0.05) is 0 Å². The molecule has 0 aliphatic carbocycles. The van der Waals surface area contributed by atoms with Gasteiger partial charge in [0.05, 0.1) is 0 Å². The molecule has 1 saturated heterocycles. The summed E-state index contributed by atoms with van der Waals surface area (Å²) in [7, 11) is -1.46. The van der Waals surface area contributed by atoms with Crippen LogP contribution in [0.3, 0.4) is 0 Å². The maximum absolute atomic E-state index is 6.42. The van der Waals surface area contributed by atoms with Gasteiger partial charge in [0.1, 0.15) is 0 Å². The zero-order chi connectivity index (χ0) is 8.44. The summed E-state index contributed by atoms with van der Waals surface area (Å²) >= 11 is 0. The Balaban J connectivity index is 2.29. The van der Waals surface area contributed by atoms with Gasteiger partial charge in [0.15, 0.2) is 0 Å². The first-order valence-electron chi connectivity index (χ1n) is 4.66. The van der Waals surface area contributed by atoms with Crippen LogP contribution in [0.25, 0.3) is 0 Å². The number of benzene rings is 1. The van der Waals surface area contributed by atoms with E-state index < -0.39 is 7.41 Å². The molecule has 0 atom stereocenters. The Morgan fingerprint density at radius 2 is 1.58 bits per heavy atom. The molecule has 2 N–H and O–H groups in total. The van der Waals surface area contributed by atoms with Crippen molar-refractivity contribution in [2.45, 2.75) is 12.8 Å². The predicted molar refractivity (Wildman–Crippen MR) is 57.5 cm³/mol. The predicted octanol–water partition coefficient (Wildman–Crippen LogP) is 1.73. The molecule has 1 aliphatic rings. The first-order chi connectivity index (χ1) is 5.81. The van der Waals surface area contributed by atoms with E-state index in [1.165, 1.54) is 30.5 Å². The van der Waals surface area contributed by atoms with Crippen LogP contribution in [0.1, 0.15) is 12.8 Å². The molecule has 0 radical (unpaired) electrons. The molecular formula is C10H16NP. The molecule has 0 saturated carbocycles. The second-order valence-electron chi connectivity index (χ2n) is 3.73. The van der Waals surface area contributed by atoms with E-state index in [1.54, 1.807) is 0 Å². The molecule has 1 aromatic rings. The monoisotopic (exact) mass is 181 g/mol.